The van der Waals surface area contributed by atoms with Gasteiger partial charge in [-0.15, -0.1) is 0 Å². The third kappa shape index (κ3) is 4.54. The topological polar surface area (TPSA) is 80.5 Å². The minimum Gasteiger partial charge on any atom is -0.361 e. The molecule has 1 rings (SSSR count). The molecule has 0 saturated heterocycles. The van der Waals surface area contributed by atoms with Crippen LogP contribution in [0.2, 0.25) is 0 Å². The van der Waals surface area contributed by atoms with Crippen LogP contribution in [0.3, 0.4) is 0 Å². The standard InChI is InChI=1S/C13H11FN4O/c14-11-4-6-12(7-5-11)18(13(19)10-17-16)9-3-1-2-8-15/h1,3-7,10H,2,9H2/b3-1+. The lowest BCUT2D eigenvalue weighted by molar-refractivity contribution is -0.115. The second-order valence-electron chi connectivity index (χ2n) is 3.50. The third-order valence-electron chi connectivity index (χ3n) is 2.24. The molecule has 0 aliphatic rings. The van der Waals surface area contributed by atoms with Crippen molar-refractivity contribution in [2.24, 2.45) is 0 Å². The van der Waals surface area contributed by atoms with Gasteiger partial charge in [-0.1, -0.05) is 12.2 Å². The molecule has 0 unspecified atom stereocenters. The van der Waals surface area contributed by atoms with Gasteiger partial charge in [0.15, 0.2) is 0 Å². The molecule has 1 amide bonds. The van der Waals surface area contributed by atoms with Crippen molar-refractivity contribution in [2.75, 3.05) is 11.4 Å². The summed E-state index contributed by atoms with van der Waals surface area (Å²) in [7, 11) is 0. The van der Waals surface area contributed by atoms with Gasteiger partial charge in [0.25, 0.3) is 0 Å². The van der Waals surface area contributed by atoms with Gasteiger partial charge in [0.05, 0.1) is 12.5 Å². The first-order chi connectivity index (χ1) is 9.19. The van der Waals surface area contributed by atoms with Crippen LogP contribution in [0.25, 0.3) is 5.53 Å². The lowest BCUT2D eigenvalue weighted by Gasteiger charge is -2.17. The summed E-state index contributed by atoms with van der Waals surface area (Å²) in [4.78, 5) is 15.7. The number of benzene rings is 1. The first-order valence-electron chi connectivity index (χ1n) is 5.45. The van der Waals surface area contributed by atoms with E-state index in [0.29, 0.717) is 5.69 Å². The average Bonchev–Trinajstić information content (AvgIpc) is 2.40. The Labute approximate surface area is 109 Å². The first kappa shape index (κ1) is 14.3. The van der Waals surface area contributed by atoms with Gasteiger partial charge < -0.3 is 5.53 Å². The van der Waals surface area contributed by atoms with Gasteiger partial charge in [0.2, 0.25) is 0 Å². The molecular weight excluding hydrogens is 247 g/mol. The molecule has 0 aliphatic heterocycles. The number of amides is 1. The molecule has 5 nitrogen and oxygen atoms in total. The van der Waals surface area contributed by atoms with Crippen molar-refractivity contribution >= 4 is 17.8 Å². The number of anilines is 1. The largest absolute Gasteiger partial charge is 0.361 e. The van der Waals surface area contributed by atoms with Gasteiger partial charge in [-0.2, -0.15) is 10.1 Å². The van der Waals surface area contributed by atoms with Crippen molar-refractivity contribution < 1.29 is 14.0 Å². The zero-order valence-corrected chi connectivity index (χ0v) is 10.0. The second kappa shape index (κ2) is 7.54. The van der Waals surface area contributed by atoms with Gasteiger partial charge in [-0.25, -0.2) is 4.39 Å². The molecule has 0 saturated carbocycles. The Hall–Kier alpha value is -2.77. The van der Waals surface area contributed by atoms with E-state index >= 15 is 0 Å². The molecule has 0 N–H and O–H groups in total. The van der Waals surface area contributed by atoms with Crippen LogP contribution in [-0.2, 0) is 4.79 Å². The molecule has 1 aromatic rings. The molecule has 0 heterocycles. The van der Waals surface area contributed by atoms with E-state index in [9.17, 15) is 9.18 Å². The fraction of sp³-hybridized carbons (Fsp3) is 0.154. The second-order valence-corrected chi connectivity index (χ2v) is 3.50. The first-order valence-corrected chi connectivity index (χ1v) is 5.45. The number of carbonyl (C=O) groups is 1. The summed E-state index contributed by atoms with van der Waals surface area (Å²) in [5, 5.41) is 8.39. The Morgan fingerprint density at radius 2 is 2.11 bits per heavy atom. The van der Waals surface area contributed by atoms with E-state index in [1.54, 1.807) is 12.2 Å². The predicted octanol–water partition coefficient (Wildman–Crippen LogP) is 1.93. The van der Waals surface area contributed by atoms with E-state index in [4.69, 9.17) is 10.8 Å². The maximum atomic E-state index is 12.8. The van der Waals surface area contributed by atoms with Crippen molar-refractivity contribution in [1.29, 1.82) is 5.26 Å². The normalized spacial score (nSPS) is 9.68. The Morgan fingerprint density at radius 1 is 1.42 bits per heavy atom. The van der Waals surface area contributed by atoms with Crippen molar-refractivity contribution in [1.82, 2.24) is 0 Å². The lowest BCUT2D eigenvalue weighted by Crippen LogP contribution is -2.32. The third-order valence-corrected chi connectivity index (χ3v) is 2.24. The maximum absolute atomic E-state index is 12.8. The van der Waals surface area contributed by atoms with Gasteiger partial charge in [0, 0.05) is 12.2 Å². The Morgan fingerprint density at radius 3 is 2.68 bits per heavy atom. The van der Waals surface area contributed by atoms with Gasteiger partial charge >= 0.3 is 12.1 Å². The zero-order valence-electron chi connectivity index (χ0n) is 10.0. The SMILES string of the molecule is N#CC/C=C/CN(C(=O)C=[N+]=[N-])c1ccc(F)cc1. The highest BCUT2D eigenvalue weighted by Crippen LogP contribution is 2.14. The number of nitrogens with zero attached hydrogens (tertiary/aromatic N) is 4. The van der Waals surface area contributed by atoms with E-state index in [-0.39, 0.29) is 13.0 Å². The number of halogens is 1. The monoisotopic (exact) mass is 258 g/mol. The Bertz CT molecular complexity index is 553. The molecule has 0 fully saturated rings. The molecule has 0 aromatic heterocycles. The minimum absolute atomic E-state index is 0.193. The molecule has 0 aliphatic carbocycles. The number of rotatable bonds is 5. The van der Waals surface area contributed by atoms with Gasteiger partial charge in [-0.3, -0.25) is 9.69 Å². The molecule has 0 bridgehead atoms. The van der Waals surface area contributed by atoms with Crippen LogP contribution in [-0.4, -0.2) is 23.5 Å². The molecule has 19 heavy (non-hydrogen) atoms. The van der Waals surface area contributed by atoms with Crippen LogP contribution in [0.15, 0.2) is 36.4 Å². The molecule has 0 atom stereocenters. The fourth-order valence-electron chi connectivity index (χ4n) is 1.38. The van der Waals surface area contributed by atoms with Crippen molar-refractivity contribution in [2.45, 2.75) is 6.42 Å². The number of hydrogen-bond donors (Lipinski definition) is 0. The van der Waals surface area contributed by atoms with E-state index in [2.05, 4.69) is 4.79 Å². The zero-order chi connectivity index (χ0) is 14.1. The average molecular weight is 258 g/mol. The van der Waals surface area contributed by atoms with Crippen LogP contribution in [0.4, 0.5) is 10.1 Å². The van der Waals surface area contributed by atoms with Crippen molar-refractivity contribution in [3.8, 4) is 6.07 Å². The van der Waals surface area contributed by atoms with E-state index < -0.39 is 11.7 Å². The summed E-state index contributed by atoms with van der Waals surface area (Å²) in [6, 6.07) is 7.27. The highest BCUT2D eigenvalue weighted by Gasteiger charge is 2.15. The fourth-order valence-corrected chi connectivity index (χ4v) is 1.38. The summed E-state index contributed by atoms with van der Waals surface area (Å²) in [5.74, 6) is -0.956. The summed E-state index contributed by atoms with van der Waals surface area (Å²) < 4.78 is 12.8. The lowest BCUT2D eigenvalue weighted by atomic mass is 10.2. The molecular formula is C13H11FN4O. The summed E-state index contributed by atoms with van der Waals surface area (Å²) in [6.45, 7) is 0.193. The Kier molecular flexibility index (Phi) is 5.67. The van der Waals surface area contributed by atoms with Crippen LogP contribution in [0.1, 0.15) is 6.42 Å². The van der Waals surface area contributed by atoms with Crippen LogP contribution >= 0.6 is 0 Å². The summed E-state index contributed by atoms with van der Waals surface area (Å²) in [5.41, 5.74) is 8.85. The number of nitriles is 1. The Balaban J connectivity index is 2.92. The summed E-state index contributed by atoms with van der Waals surface area (Å²) in [6.07, 6.45) is 4.23. The highest BCUT2D eigenvalue weighted by atomic mass is 19.1. The summed E-state index contributed by atoms with van der Waals surface area (Å²) >= 11 is 0. The number of allylic oxidation sites excluding steroid dienone is 1. The van der Waals surface area contributed by atoms with Crippen molar-refractivity contribution in [3.63, 3.8) is 0 Å². The van der Waals surface area contributed by atoms with Crippen LogP contribution < -0.4 is 4.90 Å². The van der Waals surface area contributed by atoms with Crippen molar-refractivity contribution in [3.05, 3.63) is 47.8 Å². The van der Waals surface area contributed by atoms with E-state index in [1.165, 1.54) is 29.2 Å². The molecule has 0 spiro atoms. The molecule has 96 valence electrons. The molecule has 0 radical (unpaired) electrons. The predicted molar refractivity (Wildman–Crippen MR) is 67.8 cm³/mol. The van der Waals surface area contributed by atoms with Crippen LogP contribution in [0, 0.1) is 17.1 Å². The van der Waals surface area contributed by atoms with Crippen LogP contribution in [0.5, 0.6) is 0 Å². The van der Waals surface area contributed by atoms with E-state index in [1.807, 2.05) is 6.07 Å². The molecule has 6 heteroatoms. The smallest absolute Gasteiger partial charge is 0.345 e. The maximum Gasteiger partial charge on any atom is 0.345 e. The minimum atomic E-state index is -0.546. The van der Waals surface area contributed by atoms with Gasteiger partial charge in [-0.05, 0) is 24.3 Å². The molecule has 1 aromatic carbocycles. The van der Waals surface area contributed by atoms with E-state index in [0.717, 1.165) is 6.21 Å². The highest BCUT2D eigenvalue weighted by molar-refractivity contribution is 6.30. The number of carbonyl (C=O) groups excluding carboxylic acids is 1. The number of hydrogen-bond acceptors (Lipinski definition) is 2. The van der Waals surface area contributed by atoms with Gasteiger partial charge in [0.1, 0.15) is 5.82 Å². The quantitative estimate of drug-likeness (QED) is 0.350.